The van der Waals surface area contributed by atoms with Crippen LogP contribution in [0.15, 0.2) is 18.2 Å². The van der Waals surface area contributed by atoms with Crippen LogP contribution in [-0.4, -0.2) is 44.5 Å². The molecule has 0 saturated heterocycles. The predicted molar refractivity (Wildman–Crippen MR) is 86.5 cm³/mol. The minimum Gasteiger partial charge on any atom is -0.351 e. The van der Waals surface area contributed by atoms with Crippen molar-refractivity contribution in [3.63, 3.8) is 0 Å². The Morgan fingerprint density at radius 3 is 2.86 bits per heavy atom. The van der Waals surface area contributed by atoms with Gasteiger partial charge in [-0.25, -0.2) is 0 Å². The zero-order valence-electron chi connectivity index (χ0n) is 13.6. The van der Waals surface area contributed by atoms with Crippen LogP contribution in [0.5, 0.6) is 0 Å². The van der Waals surface area contributed by atoms with Crippen molar-refractivity contribution in [2.24, 2.45) is 5.41 Å². The highest BCUT2D eigenvalue weighted by atomic mass is 16.1. The van der Waals surface area contributed by atoms with Crippen LogP contribution in [-0.2, 0) is 13.0 Å². The molecule has 0 bridgehead atoms. The number of hydrogen-bond donors (Lipinski definition) is 2. The standard InChI is InChI=1S/C17H27N3O/c1-17(2,12-20(3)4)11-19-16(21)15-7-5-6-13-10-18-9-8-14(13)15/h5-7,18H,8-12H2,1-4H3,(H,19,21). The third kappa shape index (κ3) is 4.29. The quantitative estimate of drug-likeness (QED) is 0.866. The van der Waals surface area contributed by atoms with Gasteiger partial charge in [-0.3, -0.25) is 4.79 Å². The highest BCUT2D eigenvalue weighted by Gasteiger charge is 2.22. The van der Waals surface area contributed by atoms with Crippen LogP contribution in [0.3, 0.4) is 0 Å². The summed E-state index contributed by atoms with van der Waals surface area (Å²) in [7, 11) is 4.12. The lowest BCUT2D eigenvalue weighted by atomic mass is 9.92. The largest absolute Gasteiger partial charge is 0.351 e. The molecule has 0 saturated carbocycles. The Balaban J connectivity index is 2.04. The van der Waals surface area contributed by atoms with E-state index in [1.165, 1.54) is 11.1 Å². The molecular weight excluding hydrogens is 262 g/mol. The van der Waals surface area contributed by atoms with Crippen LogP contribution in [0.2, 0.25) is 0 Å². The Bertz CT molecular complexity index is 509. The molecule has 0 aromatic heterocycles. The maximum Gasteiger partial charge on any atom is 0.251 e. The highest BCUT2D eigenvalue weighted by molar-refractivity contribution is 5.96. The second-order valence-corrected chi connectivity index (χ2v) is 6.95. The molecule has 0 atom stereocenters. The number of nitrogens with zero attached hydrogens (tertiary/aromatic N) is 1. The van der Waals surface area contributed by atoms with Crippen LogP contribution in [0, 0.1) is 5.41 Å². The molecule has 1 aromatic carbocycles. The fourth-order valence-electron chi connectivity index (χ4n) is 3.07. The number of hydrogen-bond acceptors (Lipinski definition) is 3. The van der Waals surface area contributed by atoms with Gasteiger partial charge in [-0.15, -0.1) is 0 Å². The second kappa shape index (κ2) is 6.58. The number of carbonyl (C=O) groups excluding carboxylic acids is 1. The molecule has 0 fully saturated rings. The van der Waals surface area contributed by atoms with Gasteiger partial charge in [0.05, 0.1) is 0 Å². The highest BCUT2D eigenvalue weighted by Crippen LogP contribution is 2.19. The average molecular weight is 289 g/mol. The normalized spacial score (nSPS) is 14.9. The van der Waals surface area contributed by atoms with Crippen molar-refractivity contribution in [3.8, 4) is 0 Å². The third-order valence-electron chi connectivity index (χ3n) is 3.86. The molecule has 1 aromatic rings. The van der Waals surface area contributed by atoms with Gasteiger partial charge in [0.15, 0.2) is 0 Å². The van der Waals surface area contributed by atoms with Crippen LogP contribution < -0.4 is 10.6 Å². The van der Waals surface area contributed by atoms with Crippen molar-refractivity contribution in [1.82, 2.24) is 15.5 Å². The van der Waals surface area contributed by atoms with Gasteiger partial charge in [-0.2, -0.15) is 0 Å². The molecule has 116 valence electrons. The SMILES string of the molecule is CN(C)CC(C)(C)CNC(=O)c1cccc2c1CCNC2. The van der Waals surface area contributed by atoms with Gasteiger partial charge in [-0.1, -0.05) is 26.0 Å². The van der Waals surface area contributed by atoms with Crippen molar-refractivity contribution in [1.29, 1.82) is 0 Å². The molecule has 4 nitrogen and oxygen atoms in total. The number of carbonyl (C=O) groups is 1. The lowest BCUT2D eigenvalue weighted by Crippen LogP contribution is -2.40. The molecule has 2 N–H and O–H groups in total. The summed E-state index contributed by atoms with van der Waals surface area (Å²) in [4.78, 5) is 14.7. The van der Waals surface area contributed by atoms with E-state index in [2.05, 4.69) is 49.5 Å². The maximum atomic E-state index is 12.5. The molecule has 1 aliphatic heterocycles. The fourth-order valence-corrected chi connectivity index (χ4v) is 3.07. The molecule has 0 radical (unpaired) electrons. The van der Waals surface area contributed by atoms with Crippen molar-refractivity contribution < 1.29 is 4.79 Å². The van der Waals surface area contributed by atoms with Crippen LogP contribution >= 0.6 is 0 Å². The molecule has 1 amide bonds. The van der Waals surface area contributed by atoms with Gasteiger partial charge in [0.25, 0.3) is 5.91 Å². The summed E-state index contributed by atoms with van der Waals surface area (Å²) in [5.41, 5.74) is 3.37. The van der Waals surface area contributed by atoms with Gasteiger partial charge in [0, 0.05) is 25.2 Å². The van der Waals surface area contributed by atoms with E-state index in [0.29, 0.717) is 6.54 Å². The predicted octanol–water partition coefficient (Wildman–Crippen LogP) is 1.65. The average Bonchev–Trinajstić information content (AvgIpc) is 2.43. The number of rotatable bonds is 5. The Kier molecular flexibility index (Phi) is 5.01. The van der Waals surface area contributed by atoms with E-state index in [4.69, 9.17) is 0 Å². The van der Waals surface area contributed by atoms with E-state index in [0.717, 1.165) is 31.6 Å². The van der Waals surface area contributed by atoms with Gasteiger partial charge < -0.3 is 15.5 Å². The minimum atomic E-state index is 0.0561. The van der Waals surface area contributed by atoms with Gasteiger partial charge in [-0.05, 0) is 49.7 Å². The third-order valence-corrected chi connectivity index (χ3v) is 3.86. The summed E-state index contributed by atoms with van der Waals surface area (Å²) in [6.45, 7) is 7.80. The first-order valence-electron chi connectivity index (χ1n) is 7.63. The summed E-state index contributed by atoms with van der Waals surface area (Å²) < 4.78 is 0. The number of amides is 1. The van der Waals surface area contributed by atoms with E-state index in [-0.39, 0.29) is 11.3 Å². The molecule has 4 heteroatoms. The number of fused-ring (bicyclic) bond motifs is 1. The first-order chi connectivity index (χ1) is 9.89. The van der Waals surface area contributed by atoms with Gasteiger partial charge >= 0.3 is 0 Å². The lowest BCUT2D eigenvalue weighted by molar-refractivity contribution is 0.0928. The molecule has 1 aliphatic rings. The Labute approximate surface area is 127 Å². The van der Waals surface area contributed by atoms with Crippen LogP contribution in [0.1, 0.15) is 35.3 Å². The van der Waals surface area contributed by atoms with Crippen LogP contribution in [0.25, 0.3) is 0 Å². The first-order valence-corrected chi connectivity index (χ1v) is 7.63. The van der Waals surface area contributed by atoms with E-state index in [9.17, 15) is 4.79 Å². The summed E-state index contributed by atoms with van der Waals surface area (Å²) in [5.74, 6) is 0.0561. The maximum absolute atomic E-state index is 12.5. The molecule has 2 rings (SSSR count). The van der Waals surface area contributed by atoms with Crippen molar-refractivity contribution in [3.05, 3.63) is 34.9 Å². The minimum absolute atomic E-state index is 0.0561. The van der Waals surface area contributed by atoms with E-state index in [1.807, 2.05) is 12.1 Å². The van der Waals surface area contributed by atoms with Crippen molar-refractivity contribution >= 4 is 5.91 Å². The summed E-state index contributed by atoms with van der Waals surface area (Å²) in [6, 6.07) is 6.03. The first kappa shape index (κ1) is 16.0. The van der Waals surface area contributed by atoms with Gasteiger partial charge in [0.1, 0.15) is 0 Å². The number of nitrogens with one attached hydrogen (secondary N) is 2. The summed E-state index contributed by atoms with van der Waals surface area (Å²) in [6.07, 6.45) is 0.931. The zero-order chi connectivity index (χ0) is 15.5. The molecule has 0 aliphatic carbocycles. The smallest absolute Gasteiger partial charge is 0.251 e. The zero-order valence-corrected chi connectivity index (χ0v) is 13.6. The Hall–Kier alpha value is -1.39. The summed E-state index contributed by atoms with van der Waals surface area (Å²) >= 11 is 0. The van der Waals surface area contributed by atoms with Gasteiger partial charge in [0.2, 0.25) is 0 Å². The lowest BCUT2D eigenvalue weighted by Gasteiger charge is -2.28. The second-order valence-electron chi connectivity index (χ2n) is 6.95. The molecular formula is C17H27N3O. The van der Waals surface area contributed by atoms with Crippen molar-refractivity contribution in [2.45, 2.75) is 26.8 Å². The monoisotopic (exact) mass is 289 g/mol. The summed E-state index contributed by atoms with van der Waals surface area (Å²) in [5, 5.41) is 6.46. The Morgan fingerprint density at radius 1 is 1.38 bits per heavy atom. The molecule has 21 heavy (non-hydrogen) atoms. The van der Waals surface area contributed by atoms with E-state index in [1.54, 1.807) is 0 Å². The van der Waals surface area contributed by atoms with Crippen LogP contribution in [0.4, 0.5) is 0 Å². The molecule has 0 spiro atoms. The fraction of sp³-hybridized carbons (Fsp3) is 0.588. The van der Waals surface area contributed by atoms with Crippen molar-refractivity contribution in [2.75, 3.05) is 33.7 Å². The number of benzene rings is 1. The molecule has 1 heterocycles. The Morgan fingerprint density at radius 2 is 2.14 bits per heavy atom. The van der Waals surface area contributed by atoms with E-state index < -0.39 is 0 Å². The molecule has 0 unspecified atom stereocenters. The topological polar surface area (TPSA) is 44.4 Å². The van der Waals surface area contributed by atoms with E-state index >= 15 is 0 Å².